The molecule has 0 saturated carbocycles. The maximum absolute atomic E-state index is 6.16. The average Bonchev–Trinajstić information content (AvgIpc) is 2.84. The lowest BCUT2D eigenvalue weighted by Gasteiger charge is -2.10. The van der Waals surface area contributed by atoms with Gasteiger partial charge in [-0.2, -0.15) is 0 Å². The van der Waals surface area contributed by atoms with Crippen molar-refractivity contribution in [2.24, 2.45) is 5.73 Å². The third-order valence-corrected chi connectivity index (χ3v) is 3.90. The maximum Gasteiger partial charge on any atom is 0.137 e. The van der Waals surface area contributed by atoms with Crippen LogP contribution in [0.3, 0.4) is 0 Å². The fourth-order valence-electron chi connectivity index (χ4n) is 1.63. The molecule has 0 aliphatic carbocycles. The largest absolute Gasteiger partial charge is 0.492 e. The van der Waals surface area contributed by atoms with E-state index in [4.69, 9.17) is 22.1 Å². The molecule has 0 bridgehead atoms. The minimum absolute atomic E-state index is 0.0114. The van der Waals surface area contributed by atoms with E-state index in [0.29, 0.717) is 11.6 Å². The molecule has 4 heteroatoms. The van der Waals surface area contributed by atoms with Gasteiger partial charge < -0.3 is 10.5 Å². The van der Waals surface area contributed by atoms with Crippen LogP contribution in [0.25, 0.3) is 0 Å². The number of hydrogen-bond acceptors (Lipinski definition) is 3. The molecule has 1 heterocycles. The quantitative estimate of drug-likeness (QED) is 0.898. The van der Waals surface area contributed by atoms with Gasteiger partial charge in [-0.15, -0.1) is 11.3 Å². The number of halogens is 1. The molecule has 2 aromatic rings. The van der Waals surface area contributed by atoms with Crippen LogP contribution >= 0.6 is 22.9 Å². The Hall–Kier alpha value is -1.03. The topological polar surface area (TPSA) is 35.2 Å². The SMILES string of the molecule is C[C@@H](N)c1ccc(OCCc2cccs2)c(Cl)c1. The standard InChI is InChI=1S/C14H16ClNOS/c1-10(16)11-4-5-14(13(15)9-11)17-7-6-12-3-2-8-18-12/h2-5,8-10H,6-7,16H2,1H3/t10-/m1/s1. The van der Waals surface area contributed by atoms with Gasteiger partial charge >= 0.3 is 0 Å². The zero-order valence-corrected chi connectivity index (χ0v) is 11.8. The Morgan fingerprint density at radius 1 is 1.39 bits per heavy atom. The van der Waals surface area contributed by atoms with Crippen molar-refractivity contribution in [2.75, 3.05) is 6.61 Å². The molecule has 2 nitrogen and oxygen atoms in total. The molecule has 0 unspecified atom stereocenters. The van der Waals surface area contributed by atoms with Crippen LogP contribution in [0.4, 0.5) is 0 Å². The van der Waals surface area contributed by atoms with E-state index in [1.54, 1.807) is 11.3 Å². The summed E-state index contributed by atoms with van der Waals surface area (Å²) in [5.41, 5.74) is 6.82. The van der Waals surface area contributed by atoms with Crippen molar-refractivity contribution >= 4 is 22.9 Å². The molecule has 1 atom stereocenters. The highest BCUT2D eigenvalue weighted by molar-refractivity contribution is 7.09. The lowest BCUT2D eigenvalue weighted by atomic mass is 10.1. The smallest absolute Gasteiger partial charge is 0.137 e. The van der Waals surface area contributed by atoms with E-state index < -0.39 is 0 Å². The van der Waals surface area contributed by atoms with E-state index in [-0.39, 0.29) is 6.04 Å². The Labute approximate surface area is 116 Å². The normalized spacial score (nSPS) is 12.4. The molecule has 1 aromatic heterocycles. The number of rotatable bonds is 5. The molecule has 0 amide bonds. The van der Waals surface area contributed by atoms with Crippen LogP contribution in [0.1, 0.15) is 23.4 Å². The number of nitrogens with two attached hydrogens (primary N) is 1. The second kappa shape index (κ2) is 6.23. The van der Waals surface area contributed by atoms with Gasteiger partial charge in [-0.05, 0) is 36.1 Å². The van der Waals surface area contributed by atoms with Gasteiger partial charge in [0.05, 0.1) is 11.6 Å². The van der Waals surface area contributed by atoms with Gasteiger partial charge in [-0.1, -0.05) is 23.7 Å². The van der Waals surface area contributed by atoms with E-state index in [9.17, 15) is 0 Å². The summed E-state index contributed by atoms with van der Waals surface area (Å²) in [6.45, 7) is 2.57. The second-order valence-corrected chi connectivity index (χ2v) is 5.60. The van der Waals surface area contributed by atoms with Crippen LogP contribution in [-0.2, 0) is 6.42 Å². The first kappa shape index (κ1) is 13.4. The van der Waals surface area contributed by atoms with Crippen molar-refractivity contribution in [3.63, 3.8) is 0 Å². The van der Waals surface area contributed by atoms with Crippen LogP contribution in [0, 0.1) is 0 Å². The Balaban J connectivity index is 1.93. The highest BCUT2D eigenvalue weighted by Gasteiger charge is 2.06. The summed E-state index contributed by atoms with van der Waals surface area (Å²) in [6.07, 6.45) is 0.906. The molecular weight excluding hydrogens is 266 g/mol. The highest BCUT2D eigenvalue weighted by Crippen LogP contribution is 2.27. The summed E-state index contributed by atoms with van der Waals surface area (Å²) in [6, 6.07) is 9.85. The minimum Gasteiger partial charge on any atom is -0.492 e. The van der Waals surface area contributed by atoms with E-state index >= 15 is 0 Å². The second-order valence-electron chi connectivity index (χ2n) is 4.16. The van der Waals surface area contributed by atoms with Crippen molar-refractivity contribution in [3.05, 3.63) is 51.2 Å². The number of thiophene rings is 1. The van der Waals surface area contributed by atoms with E-state index in [2.05, 4.69) is 11.4 Å². The molecule has 18 heavy (non-hydrogen) atoms. The summed E-state index contributed by atoms with van der Waals surface area (Å²) >= 11 is 7.90. The van der Waals surface area contributed by atoms with Gasteiger partial charge in [-0.25, -0.2) is 0 Å². The fourth-order valence-corrected chi connectivity index (χ4v) is 2.57. The predicted molar refractivity (Wildman–Crippen MR) is 77.6 cm³/mol. The molecule has 2 N–H and O–H groups in total. The third-order valence-electron chi connectivity index (χ3n) is 2.67. The van der Waals surface area contributed by atoms with Crippen molar-refractivity contribution in [1.29, 1.82) is 0 Å². The van der Waals surface area contributed by atoms with Gasteiger partial charge in [0, 0.05) is 17.3 Å². The number of benzene rings is 1. The molecular formula is C14H16ClNOS. The van der Waals surface area contributed by atoms with Crippen molar-refractivity contribution < 1.29 is 4.74 Å². The van der Waals surface area contributed by atoms with Gasteiger partial charge in [-0.3, -0.25) is 0 Å². The monoisotopic (exact) mass is 281 g/mol. The lowest BCUT2D eigenvalue weighted by Crippen LogP contribution is -2.05. The Kier molecular flexibility index (Phi) is 4.64. The first-order valence-electron chi connectivity index (χ1n) is 5.87. The molecule has 2 rings (SSSR count). The maximum atomic E-state index is 6.16. The number of ether oxygens (including phenoxy) is 1. The first-order valence-corrected chi connectivity index (χ1v) is 7.13. The summed E-state index contributed by atoms with van der Waals surface area (Å²) in [7, 11) is 0. The lowest BCUT2D eigenvalue weighted by molar-refractivity contribution is 0.323. The van der Waals surface area contributed by atoms with Crippen LogP contribution in [0.2, 0.25) is 5.02 Å². The molecule has 0 fully saturated rings. The van der Waals surface area contributed by atoms with Crippen molar-refractivity contribution in [2.45, 2.75) is 19.4 Å². The summed E-state index contributed by atoms with van der Waals surface area (Å²) in [4.78, 5) is 1.32. The van der Waals surface area contributed by atoms with Gasteiger partial charge in [0.1, 0.15) is 5.75 Å². The highest BCUT2D eigenvalue weighted by atomic mass is 35.5. The molecule has 0 spiro atoms. The summed E-state index contributed by atoms with van der Waals surface area (Å²) in [5, 5.41) is 2.69. The zero-order valence-electron chi connectivity index (χ0n) is 10.2. The van der Waals surface area contributed by atoms with Crippen molar-refractivity contribution in [1.82, 2.24) is 0 Å². The summed E-state index contributed by atoms with van der Waals surface area (Å²) in [5.74, 6) is 0.720. The molecule has 0 saturated heterocycles. The van der Waals surface area contributed by atoms with Crippen LogP contribution in [-0.4, -0.2) is 6.61 Å². The minimum atomic E-state index is -0.0114. The molecule has 1 aromatic carbocycles. The van der Waals surface area contributed by atoms with E-state index in [1.165, 1.54) is 4.88 Å². The van der Waals surface area contributed by atoms with Crippen molar-refractivity contribution in [3.8, 4) is 5.75 Å². The zero-order chi connectivity index (χ0) is 13.0. The van der Waals surface area contributed by atoms with Crippen LogP contribution < -0.4 is 10.5 Å². The van der Waals surface area contributed by atoms with Crippen LogP contribution in [0.5, 0.6) is 5.75 Å². The average molecular weight is 282 g/mol. The molecule has 96 valence electrons. The predicted octanol–water partition coefficient (Wildman–Crippen LogP) is 4.04. The van der Waals surface area contributed by atoms with Gasteiger partial charge in [0.2, 0.25) is 0 Å². The van der Waals surface area contributed by atoms with Gasteiger partial charge in [0.25, 0.3) is 0 Å². The number of hydrogen-bond donors (Lipinski definition) is 1. The Morgan fingerprint density at radius 2 is 2.22 bits per heavy atom. The summed E-state index contributed by atoms with van der Waals surface area (Å²) < 4.78 is 5.68. The molecule has 0 aliphatic heterocycles. The van der Waals surface area contributed by atoms with E-state index in [0.717, 1.165) is 17.7 Å². The Bertz CT molecular complexity index is 497. The fraction of sp³-hybridized carbons (Fsp3) is 0.286. The van der Waals surface area contributed by atoms with Gasteiger partial charge in [0.15, 0.2) is 0 Å². The first-order chi connectivity index (χ1) is 8.66. The van der Waals surface area contributed by atoms with Crippen LogP contribution in [0.15, 0.2) is 35.7 Å². The molecule has 0 radical (unpaired) electrons. The van der Waals surface area contributed by atoms with E-state index in [1.807, 2.05) is 31.2 Å². The Morgan fingerprint density at radius 3 is 2.83 bits per heavy atom. The molecule has 0 aliphatic rings. The third kappa shape index (κ3) is 3.48.